The van der Waals surface area contributed by atoms with Crippen molar-refractivity contribution in [3.63, 3.8) is 0 Å². The van der Waals surface area contributed by atoms with Gasteiger partial charge >= 0.3 is 0 Å². The van der Waals surface area contributed by atoms with Gasteiger partial charge in [0.1, 0.15) is 0 Å². The van der Waals surface area contributed by atoms with Gasteiger partial charge in [-0.15, -0.1) is 12.4 Å². The van der Waals surface area contributed by atoms with Gasteiger partial charge in [0.05, 0.1) is 12.0 Å². The molecule has 15 heavy (non-hydrogen) atoms. The number of nitrogens with two attached hydrogens (primary N) is 1. The van der Waals surface area contributed by atoms with E-state index >= 15 is 0 Å². The van der Waals surface area contributed by atoms with Crippen molar-refractivity contribution in [1.82, 2.24) is 5.32 Å². The molecule has 6 heteroatoms. The van der Waals surface area contributed by atoms with Gasteiger partial charge in [0.15, 0.2) is 0 Å². The molecule has 0 spiro atoms. The van der Waals surface area contributed by atoms with Crippen LogP contribution < -0.4 is 11.1 Å². The van der Waals surface area contributed by atoms with Crippen LogP contribution in [0.2, 0.25) is 0 Å². The van der Waals surface area contributed by atoms with Gasteiger partial charge in [0.2, 0.25) is 5.91 Å². The van der Waals surface area contributed by atoms with Crippen LogP contribution in [0.1, 0.15) is 25.7 Å². The maximum Gasteiger partial charge on any atom is 0.255 e. The summed E-state index contributed by atoms with van der Waals surface area (Å²) in [5.41, 5.74) is 4.95. The Hall–Kier alpha value is -0.420. The first-order valence-corrected chi connectivity index (χ1v) is 4.87. The molecule has 3 N–H and O–H groups in total. The fraction of sp³-hybridized carbons (Fsp3) is 0.889. The van der Waals surface area contributed by atoms with E-state index in [-0.39, 0.29) is 24.9 Å². The van der Waals surface area contributed by atoms with Crippen molar-refractivity contribution in [2.75, 3.05) is 13.1 Å². The van der Waals surface area contributed by atoms with Gasteiger partial charge in [-0.25, -0.2) is 8.78 Å². The number of halogens is 3. The number of amides is 1. The van der Waals surface area contributed by atoms with E-state index in [0.717, 1.165) is 25.7 Å². The Morgan fingerprint density at radius 2 is 1.93 bits per heavy atom. The summed E-state index contributed by atoms with van der Waals surface area (Å²) in [6.45, 7) is -0.317. The Labute approximate surface area is 94.2 Å². The first-order valence-electron chi connectivity index (χ1n) is 4.87. The lowest BCUT2D eigenvalue weighted by atomic mass is 9.85. The highest BCUT2D eigenvalue weighted by molar-refractivity contribution is 5.85. The average Bonchev–Trinajstić information content (AvgIpc) is 2.63. The second-order valence-corrected chi connectivity index (χ2v) is 3.79. The van der Waals surface area contributed by atoms with Gasteiger partial charge in [0.25, 0.3) is 6.43 Å². The molecule has 1 aliphatic rings. The van der Waals surface area contributed by atoms with Crippen LogP contribution in [0, 0.1) is 5.41 Å². The van der Waals surface area contributed by atoms with Gasteiger partial charge in [-0.1, -0.05) is 12.8 Å². The molecule has 0 aromatic heterocycles. The van der Waals surface area contributed by atoms with Crippen LogP contribution >= 0.6 is 12.4 Å². The molecule has 90 valence electrons. The predicted octanol–water partition coefficient (Wildman–Crippen LogP) is 1.31. The van der Waals surface area contributed by atoms with Crippen molar-refractivity contribution in [3.05, 3.63) is 0 Å². The standard InChI is InChI=1S/C9H16F2N2O.ClH/c10-7(11)5-13-8(14)9(6-12)3-1-2-4-9;/h7H,1-6,12H2,(H,13,14);1H. The summed E-state index contributed by atoms with van der Waals surface area (Å²) in [7, 11) is 0. The van der Waals surface area contributed by atoms with Gasteiger partial charge in [-0.2, -0.15) is 0 Å². The van der Waals surface area contributed by atoms with E-state index in [9.17, 15) is 13.6 Å². The number of carbonyl (C=O) groups excluding carboxylic acids is 1. The lowest BCUT2D eigenvalue weighted by Gasteiger charge is -2.25. The average molecular weight is 243 g/mol. The van der Waals surface area contributed by atoms with E-state index in [1.807, 2.05) is 0 Å². The van der Waals surface area contributed by atoms with E-state index < -0.39 is 18.4 Å². The first-order chi connectivity index (χ1) is 6.60. The van der Waals surface area contributed by atoms with E-state index in [4.69, 9.17) is 5.73 Å². The molecule has 1 rings (SSSR count). The lowest BCUT2D eigenvalue weighted by Crippen LogP contribution is -2.45. The van der Waals surface area contributed by atoms with Crippen LogP contribution in [0.3, 0.4) is 0 Å². The third-order valence-electron chi connectivity index (χ3n) is 2.85. The number of rotatable bonds is 4. The third kappa shape index (κ3) is 3.57. The van der Waals surface area contributed by atoms with Crippen molar-refractivity contribution in [2.24, 2.45) is 11.1 Å². The minimum absolute atomic E-state index is 0. The molecule has 1 aliphatic carbocycles. The topological polar surface area (TPSA) is 55.1 Å². The molecule has 1 saturated carbocycles. The summed E-state index contributed by atoms with van der Waals surface area (Å²) in [6, 6.07) is 0. The number of carbonyl (C=O) groups is 1. The monoisotopic (exact) mass is 242 g/mol. The Morgan fingerprint density at radius 3 is 2.33 bits per heavy atom. The minimum Gasteiger partial charge on any atom is -0.350 e. The maximum absolute atomic E-state index is 11.9. The molecule has 0 heterocycles. The van der Waals surface area contributed by atoms with Crippen molar-refractivity contribution in [3.8, 4) is 0 Å². The quantitative estimate of drug-likeness (QED) is 0.781. The summed E-state index contributed by atoms with van der Waals surface area (Å²) in [5, 5.41) is 2.25. The maximum atomic E-state index is 11.9. The predicted molar refractivity (Wildman–Crippen MR) is 56.2 cm³/mol. The van der Waals surface area contributed by atoms with Gasteiger partial charge < -0.3 is 11.1 Å². The zero-order valence-electron chi connectivity index (χ0n) is 8.47. The Bertz CT molecular complexity index is 208. The zero-order chi connectivity index (χ0) is 10.6. The van der Waals surface area contributed by atoms with E-state index in [1.165, 1.54) is 0 Å². The number of nitrogens with one attached hydrogen (secondary N) is 1. The van der Waals surface area contributed by atoms with Crippen molar-refractivity contribution < 1.29 is 13.6 Å². The molecule has 0 aromatic carbocycles. The second kappa shape index (κ2) is 6.23. The van der Waals surface area contributed by atoms with Gasteiger partial charge in [0, 0.05) is 6.54 Å². The van der Waals surface area contributed by atoms with Crippen molar-refractivity contribution in [1.29, 1.82) is 0 Å². The smallest absolute Gasteiger partial charge is 0.255 e. The van der Waals surface area contributed by atoms with E-state index in [0.29, 0.717) is 0 Å². The summed E-state index contributed by atoms with van der Waals surface area (Å²) in [4.78, 5) is 11.6. The number of hydrogen-bond donors (Lipinski definition) is 2. The molecule has 1 fully saturated rings. The highest BCUT2D eigenvalue weighted by atomic mass is 35.5. The minimum atomic E-state index is -2.49. The highest BCUT2D eigenvalue weighted by Crippen LogP contribution is 2.37. The summed E-state index contributed by atoms with van der Waals surface area (Å²) < 4.78 is 23.7. The van der Waals surface area contributed by atoms with Crippen LogP contribution in [0.5, 0.6) is 0 Å². The zero-order valence-corrected chi connectivity index (χ0v) is 9.29. The van der Waals surface area contributed by atoms with E-state index in [2.05, 4.69) is 5.32 Å². The van der Waals surface area contributed by atoms with Crippen LogP contribution in [-0.4, -0.2) is 25.4 Å². The molecule has 1 amide bonds. The molecule has 0 atom stereocenters. The fourth-order valence-corrected chi connectivity index (χ4v) is 1.93. The molecule has 0 unspecified atom stereocenters. The summed E-state index contributed by atoms with van der Waals surface area (Å²) in [5.74, 6) is -0.308. The largest absolute Gasteiger partial charge is 0.350 e. The molecule has 0 radical (unpaired) electrons. The lowest BCUT2D eigenvalue weighted by molar-refractivity contribution is -0.131. The molecule has 0 aromatic rings. The Morgan fingerprint density at radius 1 is 1.40 bits per heavy atom. The SMILES string of the molecule is Cl.NCC1(C(=O)NCC(F)F)CCCC1. The number of alkyl halides is 2. The van der Waals surface area contributed by atoms with Crippen molar-refractivity contribution in [2.45, 2.75) is 32.1 Å². The molecule has 0 bridgehead atoms. The Balaban J connectivity index is 0.00000196. The fourth-order valence-electron chi connectivity index (χ4n) is 1.93. The normalized spacial score (nSPS) is 18.7. The first kappa shape index (κ1) is 14.6. The third-order valence-corrected chi connectivity index (χ3v) is 2.85. The van der Waals surface area contributed by atoms with Crippen LogP contribution in [0.4, 0.5) is 8.78 Å². The molecule has 3 nitrogen and oxygen atoms in total. The molecule has 0 aliphatic heterocycles. The molecular formula is C9H17ClF2N2O. The van der Waals surface area contributed by atoms with Crippen molar-refractivity contribution >= 4 is 18.3 Å². The van der Waals surface area contributed by atoms with Gasteiger partial charge in [-0.3, -0.25) is 4.79 Å². The highest BCUT2D eigenvalue weighted by Gasteiger charge is 2.39. The second-order valence-electron chi connectivity index (χ2n) is 3.79. The Kier molecular flexibility index (Phi) is 6.05. The summed E-state index contributed by atoms with van der Waals surface area (Å²) in [6.07, 6.45) is 0.866. The van der Waals surface area contributed by atoms with Crippen LogP contribution in [0.15, 0.2) is 0 Å². The van der Waals surface area contributed by atoms with Crippen LogP contribution in [-0.2, 0) is 4.79 Å². The van der Waals surface area contributed by atoms with E-state index in [1.54, 1.807) is 0 Å². The van der Waals surface area contributed by atoms with Gasteiger partial charge in [-0.05, 0) is 12.8 Å². The number of hydrogen-bond acceptors (Lipinski definition) is 2. The summed E-state index contributed by atoms with van der Waals surface area (Å²) >= 11 is 0. The van der Waals surface area contributed by atoms with Crippen LogP contribution in [0.25, 0.3) is 0 Å². The molecule has 0 saturated heterocycles. The molecular weight excluding hydrogens is 226 g/mol.